The Labute approximate surface area is 188 Å². The average molecular weight is 469 g/mol. The van der Waals surface area contributed by atoms with E-state index in [0.29, 0.717) is 17.1 Å². The molecule has 1 aliphatic rings. The molecule has 1 N–H and O–H groups in total. The molecule has 3 rings (SSSR count). The van der Waals surface area contributed by atoms with Crippen LogP contribution in [0.1, 0.15) is 49.4 Å². The highest BCUT2D eigenvalue weighted by Gasteiger charge is 2.32. The summed E-state index contributed by atoms with van der Waals surface area (Å²) in [4.78, 5) is 13.1. The molecular weight excluding hydrogens is 443 g/mol. The first-order valence-electron chi connectivity index (χ1n) is 9.98. The summed E-state index contributed by atoms with van der Waals surface area (Å²) < 4.78 is 26.3. The predicted octanol–water partition coefficient (Wildman–Crippen LogP) is 4.90. The van der Waals surface area contributed by atoms with E-state index in [-0.39, 0.29) is 17.0 Å². The molecule has 5 nitrogen and oxygen atoms in total. The molecule has 162 valence electrons. The minimum absolute atomic E-state index is 0.226. The van der Waals surface area contributed by atoms with Crippen LogP contribution in [-0.2, 0) is 27.7 Å². The van der Waals surface area contributed by atoms with Gasteiger partial charge in [0.25, 0.3) is 0 Å². The Morgan fingerprint density at radius 1 is 1.10 bits per heavy atom. The van der Waals surface area contributed by atoms with Crippen LogP contribution in [-0.4, -0.2) is 26.6 Å². The number of anilines is 1. The summed E-state index contributed by atoms with van der Waals surface area (Å²) >= 11 is 12.1. The van der Waals surface area contributed by atoms with Gasteiger partial charge in [-0.25, -0.2) is 8.42 Å². The van der Waals surface area contributed by atoms with Crippen LogP contribution in [0.15, 0.2) is 36.4 Å². The van der Waals surface area contributed by atoms with Gasteiger partial charge in [-0.15, -0.1) is 0 Å². The number of nitrogens with zero attached hydrogens (tertiary/aromatic N) is 1. The molecule has 30 heavy (non-hydrogen) atoms. The summed E-state index contributed by atoms with van der Waals surface area (Å²) in [5.41, 5.74) is 4.01. The SMILES string of the molecule is CC[C@@H](C(=O)N[C@H](C)c1ccc2c(c1)CCC2)N(c1ccc(Cl)c(Cl)c1)S(C)(=O)=O. The zero-order valence-electron chi connectivity index (χ0n) is 17.3. The van der Waals surface area contributed by atoms with Gasteiger partial charge in [0.1, 0.15) is 6.04 Å². The molecule has 0 heterocycles. The second-order valence-electron chi connectivity index (χ2n) is 7.69. The number of sulfonamides is 1. The van der Waals surface area contributed by atoms with Crippen molar-refractivity contribution in [2.24, 2.45) is 0 Å². The third kappa shape index (κ3) is 4.93. The fourth-order valence-electron chi connectivity index (χ4n) is 3.94. The van der Waals surface area contributed by atoms with Crippen LogP contribution in [0.3, 0.4) is 0 Å². The molecule has 0 fully saturated rings. The normalized spacial score (nSPS) is 15.4. The zero-order valence-corrected chi connectivity index (χ0v) is 19.6. The van der Waals surface area contributed by atoms with Gasteiger partial charge < -0.3 is 5.32 Å². The van der Waals surface area contributed by atoms with Crippen LogP contribution in [0.5, 0.6) is 0 Å². The van der Waals surface area contributed by atoms with Gasteiger partial charge in [-0.3, -0.25) is 9.10 Å². The highest BCUT2D eigenvalue weighted by Crippen LogP contribution is 2.31. The zero-order chi connectivity index (χ0) is 22.1. The fraction of sp³-hybridized carbons (Fsp3) is 0.409. The maximum absolute atomic E-state index is 13.1. The number of amides is 1. The Hall–Kier alpha value is -1.76. The summed E-state index contributed by atoms with van der Waals surface area (Å²) in [5, 5.41) is 3.53. The lowest BCUT2D eigenvalue weighted by molar-refractivity contribution is -0.122. The van der Waals surface area contributed by atoms with Crippen molar-refractivity contribution in [2.75, 3.05) is 10.6 Å². The van der Waals surface area contributed by atoms with Crippen molar-refractivity contribution in [2.45, 2.75) is 51.6 Å². The Morgan fingerprint density at radius 3 is 2.43 bits per heavy atom. The first-order chi connectivity index (χ1) is 14.1. The molecule has 1 aliphatic carbocycles. The first kappa shape index (κ1) is 22.9. The Kier molecular flexibility index (Phi) is 7.00. The number of benzene rings is 2. The highest BCUT2D eigenvalue weighted by atomic mass is 35.5. The molecular formula is C22H26Cl2N2O3S. The van der Waals surface area contributed by atoms with Crippen LogP contribution in [0.4, 0.5) is 5.69 Å². The summed E-state index contributed by atoms with van der Waals surface area (Å²) in [7, 11) is -3.74. The number of hydrogen-bond donors (Lipinski definition) is 1. The summed E-state index contributed by atoms with van der Waals surface area (Å²) in [6.45, 7) is 3.69. The van der Waals surface area contributed by atoms with E-state index in [2.05, 4.69) is 17.4 Å². The van der Waals surface area contributed by atoms with E-state index in [4.69, 9.17) is 23.2 Å². The second kappa shape index (κ2) is 9.16. The molecule has 0 saturated carbocycles. The predicted molar refractivity (Wildman–Crippen MR) is 123 cm³/mol. The first-order valence-corrected chi connectivity index (χ1v) is 12.6. The number of carbonyl (C=O) groups is 1. The van der Waals surface area contributed by atoms with Gasteiger partial charge in [-0.1, -0.05) is 48.3 Å². The minimum atomic E-state index is -3.74. The van der Waals surface area contributed by atoms with Crippen LogP contribution < -0.4 is 9.62 Å². The largest absolute Gasteiger partial charge is 0.348 e. The van der Waals surface area contributed by atoms with Gasteiger partial charge in [-0.05, 0) is 67.5 Å². The quantitative estimate of drug-likeness (QED) is 0.627. The molecule has 0 bridgehead atoms. The lowest BCUT2D eigenvalue weighted by Crippen LogP contribution is -2.49. The van der Waals surface area contributed by atoms with Crippen molar-refractivity contribution < 1.29 is 13.2 Å². The third-order valence-electron chi connectivity index (χ3n) is 5.47. The van der Waals surface area contributed by atoms with Crippen LogP contribution in [0, 0.1) is 0 Å². The molecule has 2 atom stereocenters. The highest BCUT2D eigenvalue weighted by molar-refractivity contribution is 7.92. The molecule has 0 spiro atoms. The lowest BCUT2D eigenvalue weighted by Gasteiger charge is -2.31. The fourth-order valence-corrected chi connectivity index (χ4v) is 5.43. The number of halogens is 2. The molecule has 8 heteroatoms. The molecule has 0 aliphatic heterocycles. The molecule has 0 unspecified atom stereocenters. The van der Waals surface area contributed by atoms with Gasteiger partial charge in [-0.2, -0.15) is 0 Å². The monoisotopic (exact) mass is 468 g/mol. The molecule has 0 radical (unpaired) electrons. The maximum Gasteiger partial charge on any atom is 0.244 e. The van der Waals surface area contributed by atoms with Gasteiger partial charge in [0.05, 0.1) is 28.0 Å². The average Bonchev–Trinajstić information content (AvgIpc) is 3.15. The van der Waals surface area contributed by atoms with Gasteiger partial charge in [0, 0.05) is 0 Å². The van der Waals surface area contributed by atoms with E-state index >= 15 is 0 Å². The van der Waals surface area contributed by atoms with E-state index in [9.17, 15) is 13.2 Å². The summed E-state index contributed by atoms with van der Waals surface area (Å²) in [5.74, 6) is -0.359. The van der Waals surface area contributed by atoms with E-state index in [1.165, 1.54) is 23.3 Å². The Morgan fingerprint density at radius 2 is 1.80 bits per heavy atom. The van der Waals surface area contributed by atoms with Crippen molar-refractivity contribution in [1.82, 2.24) is 5.32 Å². The Balaban J connectivity index is 1.86. The number of carbonyl (C=O) groups excluding carboxylic acids is 1. The number of nitrogens with one attached hydrogen (secondary N) is 1. The molecule has 2 aromatic rings. The maximum atomic E-state index is 13.1. The summed E-state index contributed by atoms with van der Waals surface area (Å²) in [6.07, 6.45) is 4.69. The van der Waals surface area contributed by atoms with Crippen molar-refractivity contribution in [3.8, 4) is 0 Å². The number of fused-ring (bicyclic) bond motifs is 1. The molecule has 0 saturated heterocycles. The van der Waals surface area contributed by atoms with Crippen molar-refractivity contribution in [3.05, 3.63) is 63.1 Å². The smallest absolute Gasteiger partial charge is 0.244 e. The second-order valence-corrected chi connectivity index (χ2v) is 10.4. The van der Waals surface area contributed by atoms with Crippen LogP contribution in [0.25, 0.3) is 0 Å². The van der Waals surface area contributed by atoms with Gasteiger partial charge in [0.2, 0.25) is 15.9 Å². The van der Waals surface area contributed by atoms with E-state index in [1.807, 2.05) is 13.0 Å². The van der Waals surface area contributed by atoms with Crippen LogP contribution >= 0.6 is 23.2 Å². The number of hydrogen-bond acceptors (Lipinski definition) is 3. The van der Waals surface area contributed by atoms with Crippen molar-refractivity contribution >= 4 is 44.8 Å². The van der Waals surface area contributed by atoms with E-state index < -0.39 is 16.1 Å². The number of aryl methyl sites for hydroxylation is 2. The van der Waals surface area contributed by atoms with E-state index in [0.717, 1.165) is 35.4 Å². The number of rotatable bonds is 7. The molecule has 2 aromatic carbocycles. The van der Waals surface area contributed by atoms with Crippen LogP contribution in [0.2, 0.25) is 10.0 Å². The summed E-state index contributed by atoms with van der Waals surface area (Å²) in [6, 6.07) is 9.68. The topological polar surface area (TPSA) is 66.5 Å². The van der Waals surface area contributed by atoms with Crippen molar-refractivity contribution in [3.63, 3.8) is 0 Å². The molecule has 1 amide bonds. The lowest BCUT2D eigenvalue weighted by atomic mass is 10.0. The Bertz CT molecular complexity index is 1060. The minimum Gasteiger partial charge on any atom is -0.348 e. The van der Waals surface area contributed by atoms with Gasteiger partial charge >= 0.3 is 0 Å². The van der Waals surface area contributed by atoms with Crippen molar-refractivity contribution in [1.29, 1.82) is 0 Å². The van der Waals surface area contributed by atoms with Gasteiger partial charge in [0.15, 0.2) is 0 Å². The molecule has 0 aromatic heterocycles. The van der Waals surface area contributed by atoms with E-state index in [1.54, 1.807) is 13.0 Å². The standard InChI is InChI=1S/C22H26Cl2N2O3S/c1-4-21(26(30(3,28)29)18-10-11-19(23)20(24)13-18)22(27)25-14(2)16-9-8-15-6-5-7-17(15)12-16/h8-14,21H,4-7H2,1-3H3,(H,25,27)/t14-,21+/m1/s1. The third-order valence-corrected chi connectivity index (χ3v) is 7.39.